The Kier molecular flexibility index (Phi) is 3.33. The zero-order valence-corrected chi connectivity index (χ0v) is 8.78. The van der Waals surface area contributed by atoms with E-state index >= 15 is 0 Å². The second-order valence-electron chi connectivity index (χ2n) is 3.02. The lowest BCUT2D eigenvalue weighted by Crippen LogP contribution is -1.96. The van der Waals surface area contributed by atoms with Gasteiger partial charge in [-0.3, -0.25) is 0 Å². The molecule has 0 radical (unpaired) electrons. The Morgan fingerprint density at radius 3 is 2.54 bits per heavy atom. The Hall–Kier alpha value is -0.540. The molecule has 1 rings (SSSR count). The highest BCUT2D eigenvalue weighted by molar-refractivity contribution is 7.98. The zero-order valence-electron chi connectivity index (χ0n) is 7.97. The number of hydrogen-bond donors (Lipinski definition) is 1. The molecule has 0 unspecified atom stereocenters. The van der Waals surface area contributed by atoms with Gasteiger partial charge in [-0.1, -0.05) is 0 Å². The van der Waals surface area contributed by atoms with Gasteiger partial charge >= 0.3 is 0 Å². The van der Waals surface area contributed by atoms with E-state index in [1.165, 1.54) is 17.8 Å². The number of hydrogen-bond acceptors (Lipinski definition) is 2. The number of rotatable bonds is 2. The van der Waals surface area contributed by atoms with E-state index in [0.717, 1.165) is 4.90 Å². The molecular formula is C10H13FOS. The van der Waals surface area contributed by atoms with Gasteiger partial charge in [0.2, 0.25) is 0 Å². The molecule has 0 aliphatic carbocycles. The molecular weight excluding hydrogens is 187 g/mol. The lowest BCUT2D eigenvalue weighted by molar-refractivity contribution is 0.196. The average molecular weight is 200 g/mol. The van der Waals surface area contributed by atoms with Gasteiger partial charge in [-0.05, 0) is 43.4 Å². The third-order valence-corrected chi connectivity index (χ3v) is 2.75. The third-order valence-electron chi connectivity index (χ3n) is 1.96. The Morgan fingerprint density at radius 2 is 2.08 bits per heavy atom. The monoisotopic (exact) mass is 200 g/mol. The third kappa shape index (κ3) is 2.23. The molecule has 1 nitrogen and oxygen atoms in total. The highest BCUT2D eigenvalue weighted by Crippen LogP contribution is 2.28. The molecule has 0 bridgehead atoms. The van der Waals surface area contributed by atoms with Crippen LogP contribution < -0.4 is 0 Å². The van der Waals surface area contributed by atoms with Crippen molar-refractivity contribution in [3.05, 3.63) is 29.1 Å². The number of aliphatic hydroxyl groups excluding tert-OH is 1. The van der Waals surface area contributed by atoms with Crippen molar-refractivity contribution in [3.63, 3.8) is 0 Å². The predicted molar refractivity (Wildman–Crippen MR) is 53.6 cm³/mol. The molecule has 1 aromatic rings. The number of aliphatic hydroxyl groups is 1. The summed E-state index contributed by atoms with van der Waals surface area (Å²) in [5.74, 6) is -0.256. The smallest absolute Gasteiger partial charge is 0.126 e. The Balaban J connectivity index is 3.25. The van der Waals surface area contributed by atoms with Crippen LogP contribution in [0.25, 0.3) is 0 Å². The Labute approximate surface area is 82.0 Å². The average Bonchev–Trinajstić information content (AvgIpc) is 2.08. The van der Waals surface area contributed by atoms with Crippen LogP contribution in [0.5, 0.6) is 0 Å². The van der Waals surface area contributed by atoms with Gasteiger partial charge in [-0.15, -0.1) is 11.8 Å². The van der Waals surface area contributed by atoms with Gasteiger partial charge in [0.1, 0.15) is 5.82 Å². The van der Waals surface area contributed by atoms with Crippen LogP contribution >= 0.6 is 11.8 Å². The van der Waals surface area contributed by atoms with Crippen molar-refractivity contribution >= 4 is 11.8 Å². The topological polar surface area (TPSA) is 20.2 Å². The summed E-state index contributed by atoms with van der Waals surface area (Å²) >= 11 is 1.52. The lowest BCUT2D eigenvalue weighted by atomic mass is 10.1. The molecule has 72 valence electrons. The van der Waals surface area contributed by atoms with Crippen LogP contribution in [0, 0.1) is 12.7 Å². The molecule has 3 heteroatoms. The molecule has 0 saturated heterocycles. The van der Waals surface area contributed by atoms with Crippen molar-refractivity contribution in [2.75, 3.05) is 6.26 Å². The first-order chi connectivity index (χ1) is 6.06. The predicted octanol–water partition coefficient (Wildman–Crippen LogP) is 2.91. The quantitative estimate of drug-likeness (QED) is 0.741. The van der Waals surface area contributed by atoms with Crippen LogP contribution in [0.4, 0.5) is 4.39 Å². The molecule has 0 spiro atoms. The van der Waals surface area contributed by atoms with E-state index in [9.17, 15) is 9.50 Å². The normalized spacial score (nSPS) is 13.0. The minimum atomic E-state index is -0.613. The van der Waals surface area contributed by atoms with E-state index in [-0.39, 0.29) is 5.82 Å². The minimum Gasteiger partial charge on any atom is -0.389 e. The zero-order chi connectivity index (χ0) is 10.0. The van der Waals surface area contributed by atoms with E-state index in [2.05, 4.69) is 0 Å². The summed E-state index contributed by atoms with van der Waals surface area (Å²) in [5.41, 5.74) is 1.28. The molecule has 0 fully saturated rings. The number of thioether (sulfide) groups is 1. The van der Waals surface area contributed by atoms with Gasteiger partial charge in [-0.25, -0.2) is 4.39 Å². The number of aryl methyl sites for hydroxylation is 1. The molecule has 1 N–H and O–H groups in total. The van der Waals surface area contributed by atoms with Crippen LogP contribution in [0.15, 0.2) is 17.0 Å². The van der Waals surface area contributed by atoms with Crippen LogP contribution in [0.2, 0.25) is 0 Å². The van der Waals surface area contributed by atoms with Crippen LogP contribution in [0.1, 0.15) is 24.2 Å². The van der Waals surface area contributed by atoms with Crippen LogP contribution in [-0.4, -0.2) is 11.4 Å². The van der Waals surface area contributed by atoms with Crippen LogP contribution in [-0.2, 0) is 0 Å². The molecule has 13 heavy (non-hydrogen) atoms. The van der Waals surface area contributed by atoms with Crippen molar-refractivity contribution in [1.82, 2.24) is 0 Å². The van der Waals surface area contributed by atoms with Gasteiger partial charge in [0, 0.05) is 4.90 Å². The molecule has 1 atom stereocenters. The van der Waals surface area contributed by atoms with Crippen molar-refractivity contribution in [1.29, 1.82) is 0 Å². The molecule has 0 heterocycles. The summed E-state index contributed by atoms with van der Waals surface area (Å²) < 4.78 is 13.1. The molecule has 0 aromatic heterocycles. The summed E-state index contributed by atoms with van der Waals surface area (Å²) in [6.45, 7) is 3.37. The molecule has 0 saturated carbocycles. The van der Waals surface area contributed by atoms with E-state index in [1.807, 2.05) is 6.26 Å². The Bertz CT molecular complexity index is 310. The Morgan fingerprint density at radius 1 is 1.46 bits per heavy atom. The number of halogens is 1. The van der Waals surface area contributed by atoms with Gasteiger partial charge in [0.25, 0.3) is 0 Å². The summed E-state index contributed by atoms with van der Waals surface area (Å²) in [6, 6.07) is 3.17. The fourth-order valence-electron chi connectivity index (χ4n) is 1.17. The molecule has 0 aliphatic heterocycles. The van der Waals surface area contributed by atoms with Gasteiger partial charge in [0.05, 0.1) is 6.10 Å². The second kappa shape index (κ2) is 4.11. The molecule has 1 aromatic carbocycles. The largest absolute Gasteiger partial charge is 0.389 e. The first-order valence-corrected chi connectivity index (χ1v) is 5.31. The maximum Gasteiger partial charge on any atom is 0.126 e. The van der Waals surface area contributed by atoms with Crippen molar-refractivity contribution < 1.29 is 9.50 Å². The molecule has 0 aliphatic rings. The lowest BCUT2D eigenvalue weighted by Gasteiger charge is -2.11. The van der Waals surface area contributed by atoms with Gasteiger partial charge < -0.3 is 5.11 Å². The SMILES string of the molecule is CSc1cc(C)c(F)cc1[C@@H](C)O. The second-order valence-corrected chi connectivity index (χ2v) is 3.87. The summed E-state index contributed by atoms with van der Waals surface area (Å²) in [7, 11) is 0. The summed E-state index contributed by atoms with van der Waals surface area (Å²) in [6.07, 6.45) is 1.30. The van der Waals surface area contributed by atoms with Crippen molar-refractivity contribution in [2.45, 2.75) is 24.8 Å². The van der Waals surface area contributed by atoms with E-state index in [0.29, 0.717) is 11.1 Å². The first kappa shape index (κ1) is 10.5. The van der Waals surface area contributed by atoms with Crippen LogP contribution in [0.3, 0.4) is 0 Å². The maximum absolute atomic E-state index is 13.1. The van der Waals surface area contributed by atoms with E-state index in [1.54, 1.807) is 19.9 Å². The van der Waals surface area contributed by atoms with E-state index < -0.39 is 6.10 Å². The summed E-state index contributed by atoms with van der Waals surface area (Å²) in [4.78, 5) is 0.939. The van der Waals surface area contributed by atoms with Crippen molar-refractivity contribution in [2.24, 2.45) is 0 Å². The fourth-order valence-corrected chi connectivity index (χ4v) is 1.93. The standard InChI is InChI=1S/C10H13FOS/c1-6-4-10(13-3)8(7(2)12)5-9(6)11/h4-5,7,12H,1-3H3/t7-/m1/s1. The minimum absolute atomic E-state index is 0.256. The summed E-state index contributed by atoms with van der Waals surface area (Å²) in [5, 5.41) is 9.37. The highest BCUT2D eigenvalue weighted by Gasteiger charge is 2.10. The first-order valence-electron chi connectivity index (χ1n) is 4.08. The number of benzene rings is 1. The highest BCUT2D eigenvalue weighted by atomic mass is 32.2. The maximum atomic E-state index is 13.1. The van der Waals surface area contributed by atoms with Gasteiger partial charge in [0.15, 0.2) is 0 Å². The fraction of sp³-hybridized carbons (Fsp3) is 0.400. The van der Waals surface area contributed by atoms with Crippen molar-refractivity contribution in [3.8, 4) is 0 Å². The molecule has 0 amide bonds. The van der Waals surface area contributed by atoms with Gasteiger partial charge in [-0.2, -0.15) is 0 Å². The van der Waals surface area contributed by atoms with E-state index in [4.69, 9.17) is 0 Å².